The van der Waals surface area contributed by atoms with Gasteiger partial charge in [-0.1, -0.05) is 20.8 Å². The van der Waals surface area contributed by atoms with Crippen molar-refractivity contribution in [1.82, 2.24) is 9.78 Å². The summed E-state index contributed by atoms with van der Waals surface area (Å²) in [6.45, 7) is 11.5. The highest BCUT2D eigenvalue weighted by atomic mass is 79.9. The summed E-state index contributed by atoms with van der Waals surface area (Å²) >= 11 is 3.60. The van der Waals surface area contributed by atoms with Gasteiger partial charge in [-0.3, -0.25) is 4.68 Å². The molecule has 92 valence electrons. The Hall–Kier alpha value is -0.350. The van der Waals surface area contributed by atoms with Crippen LogP contribution in [-0.2, 0) is 13.0 Å². The topological polar surface area (TPSA) is 43.8 Å². The van der Waals surface area contributed by atoms with Gasteiger partial charge < -0.3 is 5.73 Å². The molecule has 0 aliphatic rings. The van der Waals surface area contributed by atoms with Crippen LogP contribution in [0.1, 0.15) is 39.1 Å². The fraction of sp³-hybridized carbons (Fsp3) is 0.750. The molecule has 2 N–H and O–H groups in total. The van der Waals surface area contributed by atoms with Gasteiger partial charge in [0.2, 0.25) is 0 Å². The second kappa shape index (κ2) is 4.88. The average molecular weight is 288 g/mol. The minimum atomic E-state index is 0.121. The van der Waals surface area contributed by atoms with Crippen molar-refractivity contribution in [1.29, 1.82) is 0 Å². The Kier molecular flexibility index (Phi) is 4.18. The Balaban J connectivity index is 2.96. The normalized spacial score (nSPS) is 14.2. The first kappa shape index (κ1) is 13.7. The molecule has 0 bridgehead atoms. The van der Waals surface area contributed by atoms with E-state index in [4.69, 9.17) is 5.73 Å². The molecular weight excluding hydrogens is 266 g/mol. The molecule has 0 aliphatic carbocycles. The second-order valence-corrected chi connectivity index (χ2v) is 6.13. The van der Waals surface area contributed by atoms with E-state index in [0.717, 1.165) is 23.1 Å². The monoisotopic (exact) mass is 287 g/mol. The van der Waals surface area contributed by atoms with E-state index in [0.29, 0.717) is 0 Å². The van der Waals surface area contributed by atoms with Crippen molar-refractivity contribution < 1.29 is 0 Å². The number of hydrogen-bond acceptors (Lipinski definition) is 2. The highest BCUT2D eigenvalue weighted by Gasteiger charge is 2.24. The van der Waals surface area contributed by atoms with Crippen molar-refractivity contribution in [3.05, 3.63) is 15.9 Å². The third-order valence-electron chi connectivity index (χ3n) is 2.98. The molecule has 1 aromatic rings. The number of aryl methyl sites for hydroxylation is 2. The van der Waals surface area contributed by atoms with Crippen molar-refractivity contribution in [2.45, 2.75) is 53.6 Å². The zero-order valence-electron chi connectivity index (χ0n) is 10.8. The third kappa shape index (κ3) is 2.86. The summed E-state index contributed by atoms with van der Waals surface area (Å²) in [5.74, 6) is 0. The molecule has 1 heterocycles. The van der Waals surface area contributed by atoms with Gasteiger partial charge in [0.1, 0.15) is 0 Å². The van der Waals surface area contributed by atoms with E-state index in [1.807, 2.05) is 11.6 Å². The molecule has 1 aromatic heterocycles. The number of rotatable bonds is 3. The molecule has 0 fully saturated rings. The average Bonchev–Trinajstić information content (AvgIpc) is 2.44. The molecule has 1 rings (SSSR count). The van der Waals surface area contributed by atoms with Crippen LogP contribution in [0.4, 0.5) is 0 Å². The van der Waals surface area contributed by atoms with E-state index in [9.17, 15) is 0 Å². The highest BCUT2D eigenvalue weighted by Crippen LogP contribution is 2.26. The SMILES string of the molecule is CCn1nc(C)c(Br)c1CC(N)C(C)(C)C. The fourth-order valence-electron chi connectivity index (χ4n) is 1.58. The second-order valence-electron chi connectivity index (χ2n) is 5.34. The smallest absolute Gasteiger partial charge is 0.0738 e. The summed E-state index contributed by atoms with van der Waals surface area (Å²) < 4.78 is 3.14. The van der Waals surface area contributed by atoms with E-state index in [1.165, 1.54) is 5.69 Å². The van der Waals surface area contributed by atoms with Gasteiger partial charge in [0.05, 0.1) is 15.9 Å². The summed E-state index contributed by atoms with van der Waals surface area (Å²) in [6.07, 6.45) is 0.860. The zero-order chi connectivity index (χ0) is 12.5. The van der Waals surface area contributed by atoms with Gasteiger partial charge in [0.25, 0.3) is 0 Å². The number of aromatic nitrogens is 2. The number of nitrogens with zero attached hydrogens (tertiary/aromatic N) is 2. The van der Waals surface area contributed by atoms with Gasteiger partial charge in [0.15, 0.2) is 0 Å². The lowest BCUT2D eigenvalue weighted by Gasteiger charge is -2.27. The van der Waals surface area contributed by atoms with E-state index in [1.54, 1.807) is 0 Å². The highest BCUT2D eigenvalue weighted by molar-refractivity contribution is 9.10. The van der Waals surface area contributed by atoms with Gasteiger partial charge in [-0.05, 0) is 35.2 Å². The molecule has 0 aromatic carbocycles. The van der Waals surface area contributed by atoms with Gasteiger partial charge in [-0.15, -0.1) is 0 Å². The van der Waals surface area contributed by atoms with Crippen molar-refractivity contribution in [3.8, 4) is 0 Å². The lowest BCUT2D eigenvalue weighted by molar-refractivity contribution is 0.313. The zero-order valence-corrected chi connectivity index (χ0v) is 12.4. The van der Waals surface area contributed by atoms with Crippen molar-refractivity contribution in [3.63, 3.8) is 0 Å². The van der Waals surface area contributed by atoms with Crippen molar-refractivity contribution >= 4 is 15.9 Å². The van der Waals surface area contributed by atoms with Gasteiger partial charge >= 0.3 is 0 Å². The molecule has 0 saturated carbocycles. The molecule has 0 spiro atoms. The number of halogens is 1. The van der Waals surface area contributed by atoms with Crippen molar-refractivity contribution in [2.75, 3.05) is 0 Å². The summed E-state index contributed by atoms with van der Waals surface area (Å²) in [4.78, 5) is 0. The predicted octanol–water partition coefficient (Wildman–Crippen LogP) is 2.89. The first-order valence-electron chi connectivity index (χ1n) is 5.74. The minimum absolute atomic E-state index is 0.121. The van der Waals surface area contributed by atoms with E-state index in [-0.39, 0.29) is 11.5 Å². The molecule has 4 heteroatoms. The molecular formula is C12H22BrN3. The standard InChI is InChI=1S/C12H22BrN3/c1-6-16-9(11(13)8(2)15-16)7-10(14)12(3,4)5/h10H,6-7,14H2,1-5H3. The Morgan fingerprint density at radius 1 is 1.44 bits per heavy atom. The van der Waals surface area contributed by atoms with Crippen LogP contribution in [0.3, 0.4) is 0 Å². The molecule has 1 unspecified atom stereocenters. The van der Waals surface area contributed by atoms with Gasteiger partial charge in [0, 0.05) is 19.0 Å². The van der Waals surface area contributed by atoms with Crippen LogP contribution in [0, 0.1) is 12.3 Å². The van der Waals surface area contributed by atoms with Crippen LogP contribution in [-0.4, -0.2) is 15.8 Å². The Bertz CT molecular complexity index is 363. The lowest BCUT2D eigenvalue weighted by Crippen LogP contribution is -2.37. The third-order valence-corrected chi connectivity index (χ3v) is 4.01. The molecule has 0 aliphatic heterocycles. The maximum Gasteiger partial charge on any atom is 0.0738 e. The first-order chi connectivity index (χ1) is 7.27. The van der Waals surface area contributed by atoms with Crippen LogP contribution >= 0.6 is 15.9 Å². The van der Waals surface area contributed by atoms with E-state index < -0.39 is 0 Å². The maximum absolute atomic E-state index is 6.22. The molecule has 3 nitrogen and oxygen atoms in total. The van der Waals surface area contributed by atoms with E-state index >= 15 is 0 Å². The molecule has 0 saturated heterocycles. The Morgan fingerprint density at radius 3 is 2.44 bits per heavy atom. The van der Waals surface area contributed by atoms with Crippen LogP contribution < -0.4 is 5.73 Å². The summed E-state index contributed by atoms with van der Waals surface area (Å²) in [5.41, 5.74) is 8.59. The fourth-order valence-corrected chi connectivity index (χ4v) is 2.02. The summed E-state index contributed by atoms with van der Waals surface area (Å²) in [5, 5.41) is 4.48. The maximum atomic E-state index is 6.22. The molecule has 1 atom stereocenters. The largest absolute Gasteiger partial charge is 0.327 e. The summed E-state index contributed by atoms with van der Waals surface area (Å²) in [7, 11) is 0. The number of nitrogens with two attached hydrogens (primary N) is 1. The Labute approximate surface area is 107 Å². The Morgan fingerprint density at radius 2 is 2.00 bits per heavy atom. The molecule has 16 heavy (non-hydrogen) atoms. The number of hydrogen-bond donors (Lipinski definition) is 1. The van der Waals surface area contributed by atoms with Crippen molar-refractivity contribution in [2.24, 2.45) is 11.1 Å². The van der Waals surface area contributed by atoms with Crippen LogP contribution in [0.15, 0.2) is 4.47 Å². The quantitative estimate of drug-likeness (QED) is 0.929. The molecule has 0 radical (unpaired) electrons. The van der Waals surface area contributed by atoms with Crippen LogP contribution in [0.2, 0.25) is 0 Å². The molecule has 0 amide bonds. The van der Waals surface area contributed by atoms with Crippen LogP contribution in [0.25, 0.3) is 0 Å². The lowest BCUT2D eigenvalue weighted by atomic mass is 9.85. The van der Waals surface area contributed by atoms with Gasteiger partial charge in [-0.2, -0.15) is 5.10 Å². The van der Waals surface area contributed by atoms with E-state index in [2.05, 4.69) is 48.7 Å². The first-order valence-corrected chi connectivity index (χ1v) is 6.54. The summed E-state index contributed by atoms with van der Waals surface area (Å²) in [6, 6.07) is 0.144. The van der Waals surface area contributed by atoms with Crippen LogP contribution in [0.5, 0.6) is 0 Å². The van der Waals surface area contributed by atoms with Gasteiger partial charge in [-0.25, -0.2) is 0 Å². The predicted molar refractivity (Wildman–Crippen MR) is 71.5 cm³/mol. The minimum Gasteiger partial charge on any atom is -0.327 e.